The number of ether oxygens (including phenoxy) is 2. The quantitative estimate of drug-likeness (QED) is 0.0277. The third kappa shape index (κ3) is 38.7. The highest BCUT2D eigenvalue weighted by Crippen LogP contribution is 2.43. The summed E-state index contributed by atoms with van der Waals surface area (Å²) in [5.74, 6) is -0.894. The van der Waals surface area contributed by atoms with Crippen molar-refractivity contribution in [1.82, 2.24) is 0 Å². The second kappa shape index (κ2) is 38.9. The van der Waals surface area contributed by atoms with Crippen LogP contribution in [0.3, 0.4) is 0 Å². The summed E-state index contributed by atoms with van der Waals surface area (Å²) in [5.41, 5.74) is 5.33. The van der Waals surface area contributed by atoms with E-state index in [9.17, 15) is 19.0 Å². The van der Waals surface area contributed by atoms with Crippen LogP contribution in [0.5, 0.6) is 0 Å². The molecule has 53 heavy (non-hydrogen) atoms. The Hall–Kier alpha value is -2.81. The summed E-state index contributed by atoms with van der Waals surface area (Å²) in [7, 11) is -4.39. The van der Waals surface area contributed by atoms with Crippen molar-refractivity contribution in [3.8, 4) is 0 Å². The summed E-state index contributed by atoms with van der Waals surface area (Å²) in [6, 6.07) is 0. The lowest BCUT2D eigenvalue weighted by atomic mass is 10.1. The maximum atomic E-state index is 12.5. The van der Waals surface area contributed by atoms with Crippen LogP contribution in [0.2, 0.25) is 0 Å². The molecule has 10 heteroatoms. The fourth-order valence-electron chi connectivity index (χ4n) is 4.81. The molecule has 0 aliphatic heterocycles. The standard InChI is InChI=1S/C43H72NO8P/c1-3-5-7-9-11-13-15-17-18-19-20-21-22-24-26-28-30-32-34-36-43(46)52-41(40-51-53(47,48)50-38-37-44)39-49-42(45)35-33-31-29-27-25-23-16-14-12-10-8-6-4-2/h5,7-8,10-11,13-14,16-18,20-21,24,26,41H,3-4,6,9,12,15,19,22-23,25,27-40,44H2,1-2H3,(H,47,48)/b7-5-,10-8-,13-11-,16-14-,18-17-,21-20-,26-24-. The lowest BCUT2D eigenvalue weighted by molar-refractivity contribution is -0.161. The molecule has 0 saturated carbocycles. The van der Waals surface area contributed by atoms with Crippen LogP contribution in [0, 0.1) is 0 Å². The first-order chi connectivity index (χ1) is 25.8. The van der Waals surface area contributed by atoms with Gasteiger partial charge in [-0.2, -0.15) is 0 Å². The van der Waals surface area contributed by atoms with Crippen LogP contribution in [-0.2, 0) is 32.7 Å². The summed E-state index contributed by atoms with van der Waals surface area (Å²) >= 11 is 0. The SMILES string of the molecule is CC/C=C\C/C=C\C/C=C\C/C=C\C/C=C\CCCCCC(=O)OC(COC(=O)CCCCCCC/C=C\C/C=C\CCC)COP(=O)(O)OCCN. The molecule has 0 aromatic heterocycles. The predicted molar refractivity (Wildman–Crippen MR) is 219 cm³/mol. The van der Waals surface area contributed by atoms with Crippen LogP contribution in [0.15, 0.2) is 85.1 Å². The third-order valence-corrected chi connectivity index (χ3v) is 8.73. The number of phosphoric acid groups is 1. The minimum Gasteiger partial charge on any atom is -0.462 e. The van der Waals surface area contributed by atoms with Crippen LogP contribution < -0.4 is 5.73 Å². The molecule has 0 bridgehead atoms. The lowest BCUT2D eigenvalue weighted by Crippen LogP contribution is -2.29. The summed E-state index contributed by atoms with van der Waals surface area (Å²) < 4.78 is 32.6. The lowest BCUT2D eigenvalue weighted by Gasteiger charge is -2.19. The van der Waals surface area contributed by atoms with Crippen molar-refractivity contribution >= 4 is 19.8 Å². The number of esters is 2. The van der Waals surface area contributed by atoms with Crippen molar-refractivity contribution in [3.63, 3.8) is 0 Å². The van der Waals surface area contributed by atoms with Gasteiger partial charge < -0.3 is 20.1 Å². The van der Waals surface area contributed by atoms with Crippen LogP contribution >= 0.6 is 7.82 Å². The molecule has 2 atom stereocenters. The number of carbonyl (C=O) groups excluding carboxylic acids is 2. The predicted octanol–water partition coefficient (Wildman–Crippen LogP) is 11.3. The molecule has 0 heterocycles. The first kappa shape index (κ1) is 50.2. The molecule has 0 rings (SSSR count). The van der Waals surface area contributed by atoms with Crippen LogP contribution in [0.1, 0.15) is 142 Å². The molecular weight excluding hydrogens is 689 g/mol. The number of allylic oxidation sites excluding steroid dienone is 14. The number of carbonyl (C=O) groups is 2. The van der Waals surface area contributed by atoms with Gasteiger partial charge in [-0.3, -0.25) is 18.6 Å². The summed E-state index contributed by atoms with van der Waals surface area (Å²) in [6.45, 7) is 3.46. The summed E-state index contributed by atoms with van der Waals surface area (Å²) in [4.78, 5) is 34.8. The van der Waals surface area contributed by atoms with Crippen LogP contribution in [-0.4, -0.2) is 49.3 Å². The highest BCUT2D eigenvalue weighted by atomic mass is 31.2. The van der Waals surface area contributed by atoms with E-state index in [2.05, 4.69) is 98.9 Å². The van der Waals surface area contributed by atoms with Crippen molar-refractivity contribution < 1.29 is 37.6 Å². The number of unbranched alkanes of at least 4 members (excludes halogenated alkanes) is 9. The Labute approximate surface area is 322 Å². The number of rotatable bonds is 36. The molecule has 2 unspecified atom stereocenters. The zero-order valence-electron chi connectivity index (χ0n) is 33.0. The highest BCUT2D eigenvalue weighted by molar-refractivity contribution is 7.47. The van der Waals surface area contributed by atoms with Crippen molar-refractivity contribution in [2.24, 2.45) is 5.73 Å². The Morgan fingerprint density at radius 1 is 0.585 bits per heavy atom. The molecule has 0 radical (unpaired) electrons. The molecule has 0 saturated heterocycles. The average Bonchev–Trinajstić information content (AvgIpc) is 3.14. The van der Waals surface area contributed by atoms with Gasteiger partial charge in [0.15, 0.2) is 6.10 Å². The maximum Gasteiger partial charge on any atom is 0.472 e. The Morgan fingerprint density at radius 3 is 1.57 bits per heavy atom. The molecule has 0 spiro atoms. The monoisotopic (exact) mass is 761 g/mol. The number of nitrogens with two attached hydrogens (primary N) is 1. The van der Waals surface area contributed by atoms with Gasteiger partial charge in [0.25, 0.3) is 0 Å². The van der Waals surface area contributed by atoms with E-state index >= 15 is 0 Å². The van der Waals surface area contributed by atoms with Gasteiger partial charge in [-0.15, -0.1) is 0 Å². The molecule has 9 nitrogen and oxygen atoms in total. The Kier molecular flexibility index (Phi) is 36.8. The van der Waals surface area contributed by atoms with Gasteiger partial charge in [0.1, 0.15) is 6.61 Å². The van der Waals surface area contributed by atoms with E-state index in [1.54, 1.807) is 0 Å². The zero-order chi connectivity index (χ0) is 38.9. The molecule has 0 aromatic rings. The Morgan fingerprint density at radius 2 is 1.04 bits per heavy atom. The number of hydrogen-bond donors (Lipinski definition) is 2. The molecule has 0 amide bonds. The van der Waals surface area contributed by atoms with Gasteiger partial charge in [-0.1, -0.05) is 131 Å². The fourth-order valence-corrected chi connectivity index (χ4v) is 5.58. The first-order valence-corrected chi connectivity index (χ1v) is 21.6. The topological polar surface area (TPSA) is 134 Å². The summed E-state index contributed by atoms with van der Waals surface area (Å²) in [6.07, 6.45) is 47.5. The van der Waals surface area contributed by atoms with Crippen molar-refractivity contribution in [2.75, 3.05) is 26.4 Å². The van der Waals surface area contributed by atoms with E-state index in [0.29, 0.717) is 12.8 Å². The van der Waals surface area contributed by atoms with Gasteiger partial charge in [0, 0.05) is 19.4 Å². The van der Waals surface area contributed by atoms with Gasteiger partial charge in [0.05, 0.1) is 13.2 Å². The van der Waals surface area contributed by atoms with Crippen LogP contribution in [0.25, 0.3) is 0 Å². The minimum absolute atomic E-state index is 0.0407. The number of hydrogen-bond acceptors (Lipinski definition) is 8. The largest absolute Gasteiger partial charge is 0.472 e. The smallest absolute Gasteiger partial charge is 0.462 e. The van der Waals surface area contributed by atoms with E-state index in [4.69, 9.17) is 24.3 Å². The fraction of sp³-hybridized carbons (Fsp3) is 0.628. The highest BCUT2D eigenvalue weighted by Gasteiger charge is 2.25. The van der Waals surface area contributed by atoms with Gasteiger partial charge in [-0.25, -0.2) is 4.57 Å². The second-order valence-electron chi connectivity index (χ2n) is 12.8. The van der Waals surface area contributed by atoms with E-state index in [1.165, 1.54) is 6.42 Å². The van der Waals surface area contributed by atoms with Gasteiger partial charge >= 0.3 is 19.8 Å². The van der Waals surface area contributed by atoms with E-state index < -0.39 is 32.5 Å². The normalized spacial score (nSPS) is 14.3. The summed E-state index contributed by atoms with van der Waals surface area (Å²) in [5, 5.41) is 0. The van der Waals surface area contributed by atoms with Crippen molar-refractivity contribution in [1.29, 1.82) is 0 Å². The average molecular weight is 762 g/mol. The van der Waals surface area contributed by atoms with Crippen molar-refractivity contribution in [3.05, 3.63) is 85.1 Å². The van der Waals surface area contributed by atoms with E-state index in [0.717, 1.165) is 96.3 Å². The number of phosphoric ester groups is 1. The molecule has 0 aliphatic carbocycles. The molecule has 302 valence electrons. The third-order valence-electron chi connectivity index (χ3n) is 7.75. The van der Waals surface area contributed by atoms with Gasteiger partial charge in [0.2, 0.25) is 0 Å². The molecule has 0 fully saturated rings. The molecule has 0 aliphatic rings. The van der Waals surface area contributed by atoms with Crippen molar-refractivity contribution in [2.45, 2.75) is 148 Å². The van der Waals surface area contributed by atoms with E-state index in [-0.39, 0.29) is 32.6 Å². The molecular formula is C43H72NO8P. The molecule has 0 aromatic carbocycles. The molecule has 3 N–H and O–H groups in total. The Balaban J connectivity index is 4.31. The minimum atomic E-state index is -4.39. The second-order valence-corrected chi connectivity index (χ2v) is 14.2. The van der Waals surface area contributed by atoms with Gasteiger partial charge in [-0.05, 0) is 83.5 Å². The maximum absolute atomic E-state index is 12.5. The zero-order valence-corrected chi connectivity index (χ0v) is 33.9. The van der Waals surface area contributed by atoms with E-state index in [1.807, 2.05) is 0 Å². The first-order valence-electron chi connectivity index (χ1n) is 20.1. The van der Waals surface area contributed by atoms with Crippen LogP contribution in [0.4, 0.5) is 0 Å². The Bertz CT molecular complexity index is 1140.